The fourth-order valence-electron chi connectivity index (χ4n) is 1.33. The molecular weight excluding hydrogens is 194 g/mol. The molecule has 0 bridgehead atoms. The van der Waals surface area contributed by atoms with Gasteiger partial charge in [0.15, 0.2) is 5.84 Å². The molecule has 1 aliphatic rings. The van der Waals surface area contributed by atoms with E-state index in [2.05, 4.69) is 10.5 Å². The lowest BCUT2D eigenvalue weighted by Crippen LogP contribution is -2.45. The highest BCUT2D eigenvalue weighted by Gasteiger charge is 2.54. The van der Waals surface area contributed by atoms with Crippen LogP contribution in [0.3, 0.4) is 0 Å². The second-order valence-electron chi connectivity index (χ2n) is 4.57. The molecule has 1 aliphatic carbocycles. The standard InChI is InChI=1S/C10H19N3O2/c1-6(2)7(3)12-9(14)10(4-5-10)8(11)13-15/h6-7,15H,4-5H2,1-3H3,(H2,11,13)(H,12,14). The molecule has 0 aliphatic heterocycles. The Morgan fingerprint density at radius 3 is 2.33 bits per heavy atom. The molecule has 0 aromatic rings. The third-order valence-electron chi connectivity index (χ3n) is 3.14. The molecule has 4 N–H and O–H groups in total. The highest BCUT2D eigenvalue weighted by atomic mass is 16.4. The van der Waals surface area contributed by atoms with E-state index in [1.54, 1.807) is 0 Å². The zero-order chi connectivity index (χ0) is 11.6. The fourth-order valence-corrected chi connectivity index (χ4v) is 1.33. The van der Waals surface area contributed by atoms with Crippen molar-refractivity contribution in [2.45, 2.75) is 39.7 Å². The highest BCUT2D eigenvalue weighted by molar-refractivity contribution is 6.09. The number of carbonyl (C=O) groups excluding carboxylic acids is 1. The normalized spacial score (nSPS) is 21.2. The van der Waals surface area contributed by atoms with Gasteiger partial charge >= 0.3 is 0 Å². The van der Waals surface area contributed by atoms with E-state index in [0.29, 0.717) is 18.8 Å². The van der Waals surface area contributed by atoms with Crippen LogP contribution in [-0.4, -0.2) is 23.0 Å². The summed E-state index contributed by atoms with van der Waals surface area (Å²) in [6, 6.07) is 0.0986. The third kappa shape index (κ3) is 2.22. The molecule has 0 heterocycles. The van der Waals surface area contributed by atoms with Gasteiger partial charge in [0.25, 0.3) is 0 Å². The topological polar surface area (TPSA) is 87.7 Å². The Balaban J connectivity index is 2.62. The van der Waals surface area contributed by atoms with Gasteiger partial charge in [0.1, 0.15) is 5.41 Å². The number of hydrogen-bond acceptors (Lipinski definition) is 3. The Morgan fingerprint density at radius 1 is 1.47 bits per heavy atom. The first kappa shape index (κ1) is 11.8. The van der Waals surface area contributed by atoms with Gasteiger partial charge in [0.05, 0.1) is 0 Å². The van der Waals surface area contributed by atoms with Crippen molar-refractivity contribution in [3.8, 4) is 0 Å². The molecule has 5 nitrogen and oxygen atoms in total. The van der Waals surface area contributed by atoms with Crippen LogP contribution in [-0.2, 0) is 4.79 Å². The summed E-state index contributed by atoms with van der Waals surface area (Å²) in [5, 5.41) is 14.4. The predicted molar refractivity (Wildman–Crippen MR) is 57.5 cm³/mol. The smallest absolute Gasteiger partial charge is 0.234 e. The first-order valence-corrected chi connectivity index (χ1v) is 5.23. The Labute approximate surface area is 89.7 Å². The van der Waals surface area contributed by atoms with Crippen molar-refractivity contribution in [1.29, 1.82) is 0 Å². The van der Waals surface area contributed by atoms with E-state index in [0.717, 1.165) is 0 Å². The minimum atomic E-state index is -0.738. The molecule has 1 amide bonds. The number of amidine groups is 1. The van der Waals surface area contributed by atoms with Crippen LogP contribution in [0.2, 0.25) is 0 Å². The van der Waals surface area contributed by atoms with Crippen LogP contribution in [0.5, 0.6) is 0 Å². The van der Waals surface area contributed by atoms with Crippen LogP contribution in [0.15, 0.2) is 5.16 Å². The highest BCUT2D eigenvalue weighted by Crippen LogP contribution is 2.46. The number of hydrogen-bond donors (Lipinski definition) is 3. The second kappa shape index (κ2) is 4.08. The van der Waals surface area contributed by atoms with Crippen LogP contribution in [0.25, 0.3) is 0 Å². The molecule has 15 heavy (non-hydrogen) atoms. The summed E-state index contributed by atoms with van der Waals surface area (Å²) < 4.78 is 0. The molecule has 1 rings (SSSR count). The van der Waals surface area contributed by atoms with E-state index < -0.39 is 5.41 Å². The fraction of sp³-hybridized carbons (Fsp3) is 0.800. The number of rotatable bonds is 4. The van der Waals surface area contributed by atoms with Crippen LogP contribution >= 0.6 is 0 Å². The van der Waals surface area contributed by atoms with E-state index in [-0.39, 0.29) is 17.8 Å². The molecule has 1 saturated carbocycles. The van der Waals surface area contributed by atoms with Crippen molar-refractivity contribution in [2.24, 2.45) is 22.2 Å². The maximum Gasteiger partial charge on any atom is 0.234 e. The van der Waals surface area contributed by atoms with Gasteiger partial charge in [-0.15, -0.1) is 0 Å². The summed E-state index contributed by atoms with van der Waals surface area (Å²) in [6.07, 6.45) is 1.33. The van der Waals surface area contributed by atoms with E-state index in [1.807, 2.05) is 20.8 Å². The Kier molecular flexibility index (Phi) is 3.21. The summed E-state index contributed by atoms with van der Waals surface area (Å²) in [7, 11) is 0. The van der Waals surface area contributed by atoms with Crippen molar-refractivity contribution < 1.29 is 10.0 Å². The molecule has 0 saturated heterocycles. The van der Waals surface area contributed by atoms with Gasteiger partial charge in [-0.1, -0.05) is 19.0 Å². The molecule has 1 fully saturated rings. The summed E-state index contributed by atoms with van der Waals surface area (Å²) in [4.78, 5) is 11.9. The number of amides is 1. The molecule has 86 valence electrons. The van der Waals surface area contributed by atoms with Crippen LogP contribution < -0.4 is 11.1 Å². The van der Waals surface area contributed by atoms with Crippen LogP contribution in [0, 0.1) is 11.3 Å². The Bertz CT molecular complexity index is 282. The van der Waals surface area contributed by atoms with E-state index >= 15 is 0 Å². The Hall–Kier alpha value is -1.26. The summed E-state index contributed by atoms with van der Waals surface area (Å²) in [6.45, 7) is 6.02. The van der Waals surface area contributed by atoms with Crippen molar-refractivity contribution in [3.63, 3.8) is 0 Å². The number of nitrogens with two attached hydrogens (primary N) is 1. The maximum atomic E-state index is 11.9. The van der Waals surface area contributed by atoms with Gasteiger partial charge in [-0.25, -0.2) is 0 Å². The van der Waals surface area contributed by atoms with Gasteiger partial charge in [0, 0.05) is 6.04 Å². The number of oxime groups is 1. The second-order valence-corrected chi connectivity index (χ2v) is 4.57. The third-order valence-corrected chi connectivity index (χ3v) is 3.14. The van der Waals surface area contributed by atoms with Gasteiger partial charge < -0.3 is 16.3 Å². The quantitative estimate of drug-likeness (QED) is 0.277. The minimum absolute atomic E-state index is 0.0240. The zero-order valence-corrected chi connectivity index (χ0v) is 9.45. The molecule has 5 heteroatoms. The van der Waals surface area contributed by atoms with Crippen molar-refractivity contribution in [1.82, 2.24) is 5.32 Å². The van der Waals surface area contributed by atoms with Gasteiger partial charge in [0.2, 0.25) is 5.91 Å². The molecule has 1 atom stereocenters. The number of carbonyl (C=O) groups is 1. The van der Waals surface area contributed by atoms with Crippen molar-refractivity contribution >= 4 is 11.7 Å². The average molecular weight is 213 g/mol. The predicted octanol–water partition coefficient (Wildman–Crippen LogP) is 0.674. The van der Waals surface area contributed by atoms with Gasteiger partial charge in [-0.2, -0.15) is 0 Å². The van der Waals surface area contributed by atoms with Crippen LogP contribution in [0.4, 0.5) is 0 Å². The Morgan fingerprint density at radius 2 is 2.00 bits per heavy atom. The van der Waals surface area contributed by atoms with Crippen LogP contribution in [0.1, 0.15) is 33.6 Å². The maximum absolute atomic E-state index is 11.9. The lowest BCUT2D eigenvalue weighted by Gasteiger charge is -2.21. The van der Waals surface area contributed by atoms with E-state index in [4.69, 9.17) is 10.9 Å². The van der Waals surface area contributed by atoms with E-state index in [9.17, 15) is 4.79 Å². The molecule has 0 aromatic carbocycles. The van der Waals surface area contributed by atoms with Gasteiger partial charge in [-0.3, -0.25) is 4.79 Å². The summed E-state index contributed by atoms with van der Waals surface area (Å²) in [5.41, 5.74) is 4.77. The zero-order valence-electron chi connectivity index (χ0n) is 9.45. The largest absolute Gasteiger partial charge is 0.409 e. The molecule has 0 spiro atoms. The number of nitrogens with zero attached hydrogens (tertiary/aromatic N) is 1. The first-order chi connectivity index (χ1) is 6.94. The average Bonchev–Trinajstić information content (AvgIpc) is 2.97. The molecule has 1 unspecified atom stereocenters. The molecular formula is C10H19N3O2. The monoisotopic (exact) mass is 213 g/mol. The number of nitrogens with one attached hydrogen (secondary N) is 1. The van der Waals surface area contributed by atoms with Gasteiger partial charge in [-0.05, 0) is 25.7 Å². The molecule has 0 aromatic heterocycles. The lowest BCUT2D eigenvalue weighted by atomic mass is 10.0. The van der Waals surface area contributed by atoms with Crippen molar-refractivity contribution in [3.05, 3.63) is 0 Å². The minimum Gasteiger partial charge on any atom is -0.409 e. The first-order valence-electron chi connectivity index (χ1n) is 5.23. The molecule has 0 radical (unpaired) electrons. The summed E-state index contributed by atoms with van der Waals surface area (Å²) in [5.74, 6) is 0.270. The summed E-state index contributed by atoms with van der Waals surface area (Å²) >= 11 is 0. The van der Waals surface area contributed by atoms with E-state index in [1.165, 1.54) is 0 Å². The SMILES string of the molecule is CC(C)C(C)NC(=O)C1(C(N)=NO)CC1. The van der Waals surface area contributed by atoms with Crippen molar-refractivity contribution in [2.75, 3.05) is 0 Å². The lowest BCUT2D eigenvalue weighted by molar-refractivity contribution is -0.125.